The SMILES string of the molecule is CC(C)NCc1cccc(F)c1N1CCCC(C(N)=O)C1. The average Bonchev–Trinajstić information content (AvgIpc) is 2.45. The summed E-state index contributed by atoms with van der Waals surface area (Å²) in [6.45, 7) is 6.00. The third-order valence-electron chi connectivity index (χ3n) is 3.91. The number of halogens is 1. The topological polar surface area (TPSA) is 58.4 Å². The zero-order chi connectivity index (χ0) is 15.4. The fraction of sp³-hybridized carbons (Fsp3) is 0.562. The Morgan fingerprint density at radius 1 is 1.52 bits per heavy atom. The third kappa shape index (κ3) is 3.94. The largest absolute Gasteiger partial charge is 0.369 e. The zero-order valence-electron chi connectivity index (χ0n) is 12.7. The Kier molecular flexibility index (Phi) is 5.17. The van der Waals surface area contributed by atoms with Gasteiger partial charge in [0, 0.05) is 25.7 Å². The number of nitrogens with zero attached hydrogens (tertiary/aromatic N) is 1. The van der Waals surface area contributed by atoms with Crippen LogP contribution in [-0.4, -0.2) is 25.0 Å². The maximum atomic E-state index is 14.3. The minimum atomic E-state index is -0.294. The molecule has 21 heavy (non-hydrogen) atoms. The predicted octanol–water partition coefficient (Wildman–Crippen LogP) is 2.03. The van der Waals surface area contributed by atoms with Gasteiger partial charge < -0.3 is 16.0 Å². The van der Waals surface area contributed by atoms with Gasteiger partial charge in [0.25, 0.3) is 0 Å². The van der Waals surface area contributed by atoms with Crippen LogP contribution in [0.2, 0.25) is 0 Å². The highest BCUT2D eigenvalue weighted by molar-refractivity contribution is 5.77. The molecule has 0 radical (unpaired) electrons. The van der Waals surface area contributed by atoms with Crippen molar-refractivity contribution < 1.29 is 9.18 Å². The Hall–Kier alpha value is -1.62. The van der Waals surface area contributed by atoms with Gasteiger partial charge in [0.2, 0.25) is 5.91 Å². The first-order valence-electron chi connectivity index (χ1n) is 7.54. The van der Waals surface area contributed by atoms with Gasteiger partial charge in [-0.15, -0.1) is 0 Å². The number of primary amides is 1. The van der Waals surface area contributed by atoms with E-state index in [1.165, 1.54) is 6.07 Å². The van der Waals surface area contributed by atoms with E-state index < -0.39 is 0 Å². The number of carbonyl (C=O) groups excluding carboxylic acids is 1. The summed E-state index contributed by atoms with van der Waals surface area (Å²) in [6, 6.07) is 5.47. The van der Waals surface area contributed by atoms with Gasteiger partial charge in [-0.1, -0.05) is 26.0 Å². The first kappa shape index (κ1) is 15.8. The number of para-hydroxylation sites is 1. The fourth-order valence-electron chi connectivity index (χ4n) is 2.78. The molecule has 1 heterocycles. The standard InChI is InChI=1S/C16H24FN3O/c1-11(2)19-9-12-5-3-7-14(17)15(12)20-8-4-6-13(10-20)16(18)21/h3,5,7,11,13,19H,4,6,8-10H2,1-2H3,(H2,18,21). The normalized spacial score (nSPS) is 19.0. The molecule has 1 aromatic rings. The third-order valence-corrected chi connectivity index (χ3v) is 3.91. The summed E-state index contributed by atoms with van der Waals surface area (Å²) in [6.07, 6.45) is 1.65. The van der Waals surface area contributed by atoms with Crippen LogP contribution in [0, 0.1) is 11.7 Å². The van der Waals surface area contributed by atoms with Crippen molar-refractivity contribution in [1.82, 2.24) is 5.32 Å². The lowest BCUT2D eigenvalue weighted by molar-refractivity contribution is -0.122. The minimum absolute atomic E-state index is 0.190. The molecule has 1 saturated heterocycles. The van der Waals surface area contributed by atoms with Gasteiger partial charge in [-0.3, -0.25) is 4.79 Å². The van der Waals surface area contributed by atoms with Crippen LogP contribution in [0.3, 0.4) is 0 Å². The minimum Gasteiger partial charge on any atom is -0.369 e. The van der Waals surface area contributed by atoms with Gasteiger partial charge in [0.05, 0.1) is 11.6 Å². The van der Waals surface area contributed by atoms with Crippen LogP contribution in [0.1, 0.15) is 32.3 Å². The first-order valence-corrected chi connectivity index (χ1v) is 7.54. The molecule has 4 nitrogen and oxygen atoms in total. The fourth-order valence-corrected chi connectivity index (χ4v) is 2.78. The summed E-state index contributed by atoms with van der Waals surface area (Å²) in [4.78, 5) is 13.4. The van der Waals surface area contributed by atoms with Gasteiger partial charge in [-0.05, 0) is 24.5 Å². The molecule has 116 valence electrons. The highest BCUT2D eigenvalue weighted by Gasteiger charge is 2.26. The number of benzene rings is 1. The summed E-state index contributed by atoms with van der Waals surface area (Å²) in [5.74, 6) is -0.717. The second-order valence-corrected chi connectivity index (χ2v) is 5.97. The van der Waals surface area contributed by atoms with Gasteiger partial charge in [0.1, 0.15) is 5.82 Å². The van der Waals surface area contributed by atoms with E-state index in [0.717, 1.165) is 24.9 Å². The van der Waals surface area contributed by atoms with Gasteiger partial charge >= 0.3 is 0 Å². The maximum absolute atomic E-state index is 14.3. The van der Waals surface area contributed by atoms with E-state index in [1.807, 2.05) is 11.0 Å². The van der Waals surface area contributed by atoms with Crippen molar-refractivity contribution in [1.29, 1.82) is 0 Å². The summed E-state index contributed by atoms with van der Waals surface area (Å²) >= 11 is 0. The van der Waals surface area contributed by atoms with E-state index in [1.54, 1.807) is 6.07 Å². The van der Waals surface area contributed by atoms with Crippen molar-refractivity contribution >= 4 is 11.6 Å². The van der Waals surface area contributed by atoms with Gasteiger partial charge in [-0.2, -0.15) is 0 Å². The number of carbonyl (C=O) groups is 1. The molecule has 2 rings (SSSR count). The zero-order valence-corrected chi connectivity index (χ0v) is 12.7. The lowest BCUT2D eigenvalue weighted by Gasteiger charge is -2.34. The molecule has 1 unspecified atom stereocenters. The number of piperidine rings is 1. The number of anilines is 1. The van der Waals surface area contributed by atoms with Crippen LogP contribution < -0.4 is 16.0 Å². The van der Waals surface area contributed by atoms with Crippen molar-refractivity contribution in [3.8, 4) is 0 Å². The van der Waals surface area contributed by atoms with Crippen molar-refractivity contribution in [3.63, 3.8) is 0 Å². The van der Waals surface area contributed by atoms with Crippen LogP contribution in [0.25, 0.3) is 0 Å². The lowest BCUT2D eigenvalue weighted by Crippen LogP contribution is -2.42. The average molecular weight is 293 g/mol. The maximum Gasteiger partial charge on any atom is 0.222 e. The number of amides is 1. The van der Waals surface area contributed by atoms with Gasteiger partial charge in [0.15, 0.2) is 0 Å². The molecule has 3 N–H and O–H groups in total. The van der Waals surface area contributed by atoms with Crippen molar-refractivity contribution in [3.05, 3.63) is 29.6 Å². The number of rotatable bonds is 5. The molecule has 1 aliphatic heterocycles. The molecular weight excluding hydrogens is 269 g/mol. The summed E-state index contributed by atoms with van der Waals surface area (Å²) in [5, 5.41) is 3.32. The van der Waals surface area contributed by atoms with E-state index in [2.05, 4.69) is 19.2 Å². The van der Waals surface area contributed by atoms with E-state index >= 15 is 0 Å². The molecule has 0 bridgehead atoms. The molecule has 1 amide bonds. The Bertz CT molecular complexity index is 504. The van der Waals surface area contributed by atoms with E-state index in [0.29, 0.717) is 24.8 Å². The Morgan fingerprint density at radius 3 is 2.95 bits per heavy atom. The van der Waals surface area contributed by atoms with Crippen LogP contribution in [0.5, 0.6) is 0 Å². The number of nitrogens with one attached hydrogen (secondary N) is 1. The molecule has 1 fully saturated rings. The molecule has 0 spiro atoms. The molecule has 1 aromatic carbocycles. The summed E-state index contributed by atoms with van der Waals surface area (Å²) < 4.78 is 14.3. The van der Waals surface area contributed by atoms with Gasteiger partial charge in [-0.25, -0.2) is 4.39 Å². The van der Waals surface area contributed by atoms with E-state index in [-0.39, 0.29) is 17.6 Å². The highest BCUT2D eigenvalue weighted by atomic mass is 19.1. The Balaban J connectivity index is 2.22. The van der Waals surface area contributed by atoms with Crippen LogP contribution in [-0.2, 0) is 11.3 Å². The Labute approximate surface area is 125 Å². The van der Waals surface area contributed by atoms with Crippen molar-refractivity contribution in [2.45, 2.75) is 39.3 Å². The monoisotopic (exact) mass is 293 g/mol. The van der Waals surface area contributed by atoms with Crippen molar-refractivity contribution in [2.24, 2.45) is 11.7 Å². The number of hydrogen-bond acceptors (Lipinski definition) is 3. The van der Waals surface area contributed by atoms with Crippen LogP contribution >= 0.6 is 0 Å². The second kappa shape index (κ2) is 6.89. The second-order valence-electron chi connectivity index (χ2n) is 5.97. The lowest BCUT2D eigenvalue weighted by atomic mass is 9.96. The number of nitrogens with two attached hydrogens (primary N) is 1. The molecule has 0 aliphatic carbocycles. The molecule has 1 aliphatic rings. The molecule has 5 heteroatoms. The Morgan fingerprint density at radius 2 is 2.29 bits per heavy atom. The van der Waals surface area contributed by atoms with Crippen LogP contribution in [0.15, 0.2) is 18.2 Å². The molecule has 0 saturated carbocycles. The highest BCUT2D eigenvalue weighted by Crippen LogP contribution is 2.29. The first-order chi connectivity index (χ1) is 9.99. The smallest absolute Gasteiger partial charge is 0.222 e. The van der Waals surface area contributed by atoms with E-state index in [4.69, 9.17) is 5.73 Å². The van der Waals surface area contributed by atoms with Crippen molar-refractivity contribution in [2.75, 3.05) is 18.0 Å². The number of hydrogen-bond donors (Lipinski definition) is 2. The molecule has 1 atom stereocenters. The molecular formula is C16H24FN3O. The van der Waals surface area contributed by atoms with E-state index in [9.17, 15) is 9.18 Å². The quantitative estimate of drug-likeness (QED) is 0.873. The molecule has 0 aromatic heterocycles. The van der Waals surface area contributed by atoms with Crippen LogP contribution in [0.4, 0.5) is 10.1 Å². The summed E-state index contributed by atoms with van der Waals surface area (Å²) in [5.41, 5.74) is 6.94. The predicted molar refractivity (Wildman–Crippen MR) is 82.5 cm³/mol. The summed E-state index contributed by atoms with van der Waals surface area (Å²) in [7, 11) is 0.